The van der Waals surface area contributed by atoms with Crippen LogP contribution < -0.4 is 11.1 Å². The molecule has 2 unspecified atom stereocenters. The molecule has 18 heavy (non-hydrogen) atoms. The molecule has 0 heterocycles. The molecule has 0 aromatic heterocycles. The highest BCUT2D eigenvalue weighted by Gasteiger charge is 2.30. The third-order valence-corrected chi connectivity index (χ3v) is 2.48. The Morgan fingerprint density at radius 1 is 1.33 bits per heavy atom. The van der Waals surface area contributed by atoms with Crippen molar-refractivity contribution in [2.24, 2.45) is 0 Å². The van der Waals surface area contributed by atoms with Crippen molar-refractivity contribution in [2.45, 2.75) is 38.6 Å². The summed E-state index contributed by atoms with van der Waals surface area (Å²) >= 11 is 0. The van der Waals surface area contributed by atoms with Crippen molar-refractivity contribution < 1.29 is 18.3 Å². The minimum absolute atomic E-state index is 0.0438. The van der Waals surface area contributed by atoms with Gasteiger partial charge in [-0.15, -0.1) is 0 Å². The number of hydrogen-bond donors (Lipinski definition) is 3. The van der Waals surface area contributed by atoms with Gasteiger partial charge in [0.1, 0.15) is 0 Å². The Labute approximate surface area is 104 Å². The molecule has 0 fully saturated rings. The molecule has 0 aliphatic rings. The fraction of sp³-hybridized carbons (Fsp3) is 0.500. The molecule has 0 saturated heterocycles. The first-order valence-electron chi connectivity index (χ1n) is 5.61. The van der Waals surface area contributed by atoms with Gasteiger partial charge < -0.3 is 16.2 Å². The van der Waals surface area contributed by atoms with Crippen LogP contribution in [-0.4, -0.2) is 17.3 Å². The zero-order chi connectivity index (χ0) is 13.9. The molecule has 0 spiro atoms. The van der Waals surface area contributed by atoms with Gasteiger partial charge in [0.15, 0.2) is 0 Å². The second kappa shape index (κ2) is 5.48. The molecule has 6 heteroatoms. The smallest absolute Gasteiger partial charge is 0.397 e. The summed E-state index contributed by atoms with van der Waals surface area (Å²) in [4.78, 5) is 0. The Morgan fingerprint density at radius 2 is 1.94 bits per heavy atom. The van der Waals surface area contributed by atoms with E-state index in [1.165, 1.54) is 6.07 Å². The van der Waals surface area contributed by atoms with Crippen molar-refractivity contribution in [2.75, 3.05) is 11.1 Å². The van der Waals surface area contributed by atoms with Crippen molar-refractivity contribution in [3.63, 3.8) is 0 Å². The fourth-order valence-electron chi connectivity index (χ4n) is 1.71. The van der Waals surface area contributed by atoms with Gasteiger partial charge in [0.2, 0.25) is 0 Å². The van der Waals surface area contributed by atoms with Crippen LogP contribution in [0.5, 0.6) is 0 Å². The summed E-state index contributed by atoms with van der Waals surface area (Å²) in [7, 11) is 0. The summed E-state index contributed by atoms with van der Waals surface area (Å²) in [5.41, 5.74) is 5.29. The van der Waals surface area contributed by atoms with Gasteiger partial charge in [-0.1, -0.05) is 0 Å². The monoisotopic (exact) mass is 262 g/mol. The Morgan fingerprint density at radius 3 is 2.39 bits per heavy atom. The summed E-state index contributed by atoms with van der Waals surface area (Å²) in [6, 6.07) is 3.10. The van der Waals surface area contributed by atoms with Gasteiger partial charge in [0.25, 0.3) is 0 Å². The van der Waals surface area contributed by atoms with E-state index in [1.54, 1.807) is 6.92 Å². The maximum absolute atomic E-state index is 12.4. The van der Waals surface area contributed by atoms with Crippen molar-refractivity contribution in [3.8, 4) is 0 Å². The highest BCUT2D eigenvalue weighted by Crippen LogP contribution is 2.33. The van der Waals surface area contributed by atoms with Gasteiger partial charge in [0.05, 0.1) is 23.0 Å². The van der Waals surface area contributed by atoms with Crippen LogP contribution >= 0.6 is 0 Å². The van der Waals surface area contributed by atoms with Crippen LogP contribution in [0.3, 0.4) is 0 Å². The number of rotatable bonds is 4. The molecule has 0 aliphatic heterocycles. The molecule has 102 valence electrons. The average Bonchev–Trinajstić information content (AvgIpc) is 2.18. The van der Waals surface area contributed by atoms with E-state index >= 15 is 0 Å². The quantitative estimate of drug-likeness (QED) is 0.731. The summed E-state index contributed by atoms with van der Waals surface area (Å²) in [6.07, 6.45) is -4.39. The van der Waals surface area contributed by atoms with E-state index in [9.17, 15) is 18.3 Å². The van der Waals surface area contributed by atoms with Crippen molar-refractivity contribution in [3.05, 3.63) is 23.8 Å². The number of alkyl halides is 3. The third kappa shape index (κ3) is 4.10. The first kappa shape index (κ1) is 14.6. The molecular formula is C12H17F3N2O. The van der Waals surface area contributed by atoms with Crippen LogP contribution in [0.1, 0.15) is 25.8 Å². The van der Waals surface area contributed by atoms with Gasteiger partial charge in [-0.05, 0) is 38.5 Å². The summed E-state index contributed by atoms with van der Waals surface area (Å²) < 4.78 is 37.3. The summed E-state index contributed by atoms with van der Waals surface area (Å²) in [6.45, 7) is 3.47. The number of halogens is 3. The maximum atomic E-state index is 12.4. The second-order valence-electron chi connectivity index (χ2n) is 4.43. The Bertz CT molecular complexity index is 405. The Hall–Kier alpha value is -1.43. The average molecular weight is 262 g/mol. The van der Waals surface area contributed by atoms with Crippen LogP contribution in [0.15, 0.2) is 18.2 Å². The van der Waals surface area contributed by atoms with Gasteiger partial charge >= 0.3 is 6.18 Å². The van der Waals surface area contributed by atoms with Gasteiger partial charge in [-0.3, -0.25) is 0 Å². The summed E-state index contributed by atoms with van der Waals surface area (Å²) in [5.74, 6) is 0. The lowest BCUT2D eigenvalue weighted by molar-refractivity contribution is -0.137. The molecule has 1 aromatic carbocycles. The van der Waals surface area contributed by atoms with E-state index in [1.807, 2.05) is 6.92 Å². The third-order valence-electron chi connectivity index (χ3n) is 2.48. The zero-order valence-electron chi connectivity index (χ0n) is 10.3. The lowest BCUT2D eigenvalue weighted by Gasteiger charge is -2.19. The number of nitrogens with one attached hydrogen (secondary N) is 1. The van der Waals surface area contributed by atoms with Gasteiger partial charge in [-0.25, -0.2) is 0 Å². The van der Waals surface area contributed by atoms with Gasteiger partial charge in [-0.2, -0.15) is 13.2 Å². The van der Waals surface area contributed by atoms with E-state index in [2.05, 4.69) is 5.32 Å². The van der Waals surface area contributed by atoms with Crippen molar-refractivity contribution in [1.29, 1.82) is 0 Å². The predicted molar refractivity (Wildman–Crippen MR) is 65.2 cm³/mol. The number of anilines is 2. The van der Waals surface area contributed by atoms with E-state index in [0.717, 1.165) is 12.1 Å². The SMILES string of the molecule is CC(O)CC(C)Nc1ccc(C(F)(F)F)cc1N. The number of nitrogen functional groups attached to an aromatic ring is 1. The fourth-order valence-corrected chi connectivity index (χ4v) is 1.71. The molecule has 0 aliphatic carbocycles. The van der Waals surface area contributed by atoms with E-state index in [0.29, 0.717) is 12.1 Å². The van der Waals surface area contributed by atoms with Crippen molar-refractivity contribution in [1.82, 2.24) is 0 Å². The first-order valence-corrected chi connectivity index (χ1v) is 5.61. The molecule has 0 bridgehead atoms. The zero-order valence-corrected chi connectivity index (χ0v) is 10.3. The number of nitrogens with two attached hydrogens (primary N) is 1. The Kier molecular flexibility index (Phi) is 4.45. The molecular weight excluding hydrogens is 245 g/mol. The molecule has 1 rings (SSSR count). The predicted octanol–water partition coefficient (Wildman–Crippen LogP) is 2.86. The topological polar surface area (TPSA) is 58.3 Å². The normalized spacial score (nSPS) is 15.2. The van der Waals surface area contributed by atoms with E-state index in [4.69, 9.17) is 5.73 Å². The second-order valence-corrected chi connectivity index (χ2v) is 4.43. The molecule has 3 nitrogen and oxygen atoms in total. The van der Waals surface area contributed by atoms with Gasteiger partial charge in [0, 0.05) is 6.04 Å². The molecule has 0 amide bonds. The largest absolute Gasteiger partial charge is 0.416 e. The van der Waals surface area contributed by atoms with Crippen LogP contribution in [0, 0.1) is 0 Å². The molecule has 4 N–H and O–H groups in total. The molecule has 0 saturated carbocycles. The van der Waals surface area contributed by atoms with Crippen molar-refractivity contribution >= 4 is 11.4 Å². The van der Waals surface area contributed by atoms with Crippen LogP contribution in [0.2, 0.25) is 0 Å². The minimum Gasteiger partial charge on any atom is -0.397 e. The van der Waals surface area contributed by atoms with E-state index in [-0.39, 0.29) is 11.7 Å². The Balaban J connectivity index is 2.80. The summed E-state index contributed by atoms with van der Waals surface area (Å²) in [5, 5.41) is 12.2. The highest BCUT2D eigenvalue weighted by atomic mass is 19.4. The number of aliphatic hydroxyl groups is 1. The van der Waals surface area contributed by atoms with Crippen LogP contribution in [0.25, 0.3) is 0 Å². The van der Waals surface area contributed by atoms with E-state index < -0.39 is 17.8 Å². The van der Waals surface area contributed by atoms with Crippen LogP contribution in [-0.2, 0) is 6.18 Å². The number of aliphatic hydroxyl groups excluding tert-OH is 1. The lowest BCUT2D eigenvalue weighted by atomic mass is 10.1. The van der Waals surface area contributed by atoms with Crippen LogP contribution in [0.4, 0.5) is 24.5 Å². The first-order chi connectivity index (χ1) is 8.20. The number of hydrogen-bond acceptors (Lipinski definition) is 3. The molecule has 2 atom stereocenters. The maximum Gasteiger partial charge on any atom is 0.416 e. The lowest BCUT2D eigenvalue weighted by Crippen LogP contribution is -2.21. The highest BCUT2D eigenvalue weighted by molar-refractivity contribution is 5.67. The number of benzene rings is 1. The standard InChI is InChI=1S/C12H17F3N2O/c1-7(5-8(2)18)17-11-4-3-9(6-10(11)16)12(13,14)15/h3-4,6-8,17-18H,5,16H2,1-2H3. The minimum atomic E-state index is -4.39. The molecule has 0 radical (unpaired) electrons. The molecule has 1 aromatic rings.